The highest BCUT2D eigenvalue weighted by Gasteiger charge is 2.33. The van der Waals surface area contributed by atoms with Crippen LogP contribution in [0, 0.1) is 11.8 Å². The van der Waals surface area contributed by atoms with Gasteiger partial charge in [-0.15, -0.1) is 0 Å². The number of aromatic nitrogens is 1. The molecule has 1 aromatic heterocycles. The molecular formula is C29H41N3O4S. The van der Waals surface area contributed by atoms with Gasteiger partial charge in [-0.2, -0.15) is 0 Å². The zero-order chi connectivity index (χ0) is 26.6. The fraction of sp³-hybridized carbons (Fsp3) is 0.586. The number of sulfone groups is 1. The number of carbonyl (C=O) groups is 1. The average molecular weight is 528 g/mol. The quantitative estimate of drug-likeness (QED) is 0.463. The monoisotopic (exact) mass is 527 g/mol. The van der Waals surface area contributed by atoms with Gasteiger partial charge in [0.15, 0.2) is 9.84 Å². The summed E-state index contributed by atoms with van der Waals surface area (Å²) in [6.07, 6.45) is 7.95. The second-order valence-electron chi connectivity index (χ2n) is 10.7. The molecule has 8 heteroatoms. The highest BCUT2D eigenvalue weighted by Crippen LogP contribution is 2.38. The van der Waals surface area contributed by atoms with Crippen molar-refractivity contribution in [2.45, 2.75) is 76.4 Å². The second kappa shape index (κ2) is 12.0. The Morgan fingerprint density at radius 1 is 1.16 bits per heavy atom. The van der Waals surface area contributed by atoms with Crippen molar-refractivity contribution in [3.63, 3.8) is 0 Å². The van der Waals surface area contributed by atoms with Crippen LogP contribution in [-0.4, -0.2) is 50.2 Å². The van der Waals surface area contributed by atoms with Gasteiger partial charge < -0.3 is 10.1 Å². The molecule has 7 nitrogen and oxygen atoms in total. The summed E-state index contributed by atoms with van der Waals surface area (Å²) in [6, 6.07) is 8.55. The van der Waals surface area contributed by atoms with Crippen LogP contribution in [0.3, 0.4) is 0 Å². The molecule has 1 fully saturated rings. The van der Waals surface area contributed by atoms with Crippen molar-refractivity contribution in [3.05, 3.63) is 58.9 Å². The van der Waals surface area contributed by atoms with Crippen molar-refractivity contribution in [3.8, 4) is 0 Å². The average Bonchev–Trinajstić information content (AvgIpc) is 3.25. The van der Waals surface area contributed by atoms with Gasteiger partial charge in [0, 0.05) is 26.4 Å². The van der Waals surface area contributed by atoms with E-state index in [0.29, 0.717) is 11.6 Å². The van der Waals surface area contributed by atoms with Crippen LogP contribution >= 0.6 is 0 Å². The van der Waals surface area contributed by atoms with Crippen molar-refractivity contribution < 1.29 is 17.9 Å². The number of methoxy groups -OCH3 is 1. The van der Waals surface area contributed by atoms with Crippen molar-refractivity contribution in [1.82, 2.24) is 15.2 Å². The summed E-state index contributed by atoms with van der Waals surface area (Å²) in [5.74, 6) is 1.43. The number of pyridine rings is 1. The van der Waals surface area contributed by atoms with Crippen LogP contribution in [0.25, 0.3) is 0 Å². The van der Waals surface area contributed by atoms with Gasteiger partial charge in [0.1, 0.15) is 0 Å². The molecule has 0 radical (unpaired) electrons. The molecule has 0 spiro atoms. The smallest absolute Gasteiger partial charge is 0.253 e. The third-order valence-corrected chi connectivity index (χ3v) is 9.82. The maximum atomic E-state index is 13.2. The summed E-state index contributed by atoms with van der Waals surface area (Å²) in [5.41, 5.74) is 3.57. The molecular weight excluding hydrogens is 486 g/mol. The molecule has 0 saturated heterocycles. The van der Waals surface area contributed by atoms with E-state index < -0.39 is 15.9 Å². The summed E-state index contributed by atoms with van der Waals surface area (Å²) < 4.78 is 29.7. The van der Waals surface area contributed by atoms with E-state index in [0.717, 1.165) is 48.2 Å². The van der Waals surface area contributed by atoms with Crippen LogP contribution in [0.15, 0.2) is 41.4 Å². The van der Waals surface area contributed by atoms with Gasteiger partial charge in [0.2, 0.25) is 0 Å². The fourth-order valence-electron chi connectivity index (χ4n) is 5.76. The van der Waals surface area contributed by atoms with Crippen LogP contribution in [0.1, 0.15) is 92.1 Å². The van der Waals surface area contributed by atoms with Crippen LogP contribution in [0.5, 0.6) is 0 Å². The Labute approximate surface area is 221 Å². The Morgan fingerprint density at radius 3 is 2.49 bits per heavy atom. The number of carbonyl (C=O) groups excluding carboxylic acids is 1. The minimum atomic E-state index is -3.28. The first-order valence-electron chi connectivity index (χ1n) is 13.6. The number of benzene rings is 1. The van der Waals surface area contributed by atoms with Crippen LogP contribution in [0.4, 0.5) is 0 Å². The molecule has 1 aliphatic heterocycles. The number of amides is 1. The highest BCUT2D eigenvalue weighted by molar-refractivity contribution is 7.91. The molecule has 2 atom stereocenters. The van der Waals surface area contributed by atoms with Crippen LogP contribution < -0.4 is 5.32 Å². The largest absolute Gasteiger partial charge is 0.382 e. The van der Waals surface area contributed by atoms with Crippen molar-refractivity contribution >= 4 is 15.7 Å². The molecule has 1 N–H and O–H groups in total. The van der Waals surface area contributed by atoms with E-state index in [9.17, 15) is 13.2 Å². The number of ether oxygens (including phenoxy) is 1. The Hall–Kier alpha value is -2.29. The number of hydrogen-bond acceptors (Lipinski definition) is 6. The third kappa shape index (κ3) is 6.41. The van der Waals surface area contributed by atoms with E-state index in [1.54, 1.807) is 44.5 Å². The molecule has 2 aliphatic rings. The van der Waals surface area contributed by atoms with E-state index in [4.69, 9.17) is 9.72 Å². The number of nitrogens with zero attached hydrogens (tertiary/aromatic N) is 2. The van der Waals surface area contributed by atoms with E-state index >= 15 is 0 Å². The summed E-state index contributed by atoms with van der Waals surface area (Å²) >= 11 is 0. The Kier molecular flexibility index (Phi) is 9.03. The zero-order valence-electron chi connectivity index (χ0n) is 22.6. The molecule has 1 aliphatic carbocycles. The summed E-state index contributed by atoms with van der Waals surface area (Å²) in [7, 11) is -1.70. The van der Waals surface area contributed by atoms with Gasteiger partial charge >= 0.3 is 0 Å². The second-order valence-corrected chi connectivity index (χ2v) is 13.0. The lowest BCUT2D eigenvalue weighted by atomic mass is 9.82. The predicted octanol–water partition coefficient (Wildman–Crippen LogP) is 5.09. The van der Waals surface area contributed by atoms with E-state index in [2.05, 4.69) is 24.1 Å². The molecule has 1 saturated carbocycles. The Morgan fingerprint density at radius 2 is 1.86 bits per heavy atom. The van der Waals surface area contributed by atoms with Crippen molar-refractivity contribution in [1.29, 1.82) is 0 Å². The first-order chi connectivity index (χ1) is 17.7. The maximum absolute atomic E-state index is 13.2. The van der Waals surface area contributed by atoms with E-state index in [1.807, 2.05) is 6.07 Å². The minimum absolute atomic E-state index is 0.0477. The van der Waals surface area contributed by atoms with Crippen LogP contribution in [-0.2, 0) is 21.1 Å². The minimum Gasteiger partial charge on any atom is -0.382 e. The zero-order valence-corrected chi connectivity index (χ0v) is 23.4. The number of fused-ring (bicyclic) bond motifs is 1. The fourth-order valence-corrected chi connectivity index (χ4v) is 6.65. The summed E-state index contributed by atoms with van der Waals surface area (Å²) in [5, 5.41) is 3.05. The first-order valence-corrected chi connectivity index (χ1v) is 15.3. The predicted molar refractivity (Wildman–Crippen MR) is 145 cm³/mol. The maximum Gasteiger partial charge on any atom is 0.253 e. The van der Waals surface area contributed by atoms with Crippen LogP contribution in [0.2, 0.25) is 0 Å². The number of rotatable bonds is 10. The van der Waals surface area contributed by atoms with Gasteiger partial charge in [-0.05, 0) is 60.4 Å². The van der Waals surface area contributed by atoms with Gasteiger partial charge in [-0.25, -0.2) is 8.42 Å². The lowest BCUT2D eigenvalue weighted by molar-refractivity contribution is 0.0896. The normalized spacial score (nSPS) is 23.0. The molecule has 1 aromatic carbocycles. The molecule has 0 bridgehead atoms. The first kappa shape index (κ1) is 27.7. The van der Waals surface area contributed by atoms with E-state index in [-0.39, 0.29) is 23.2 Å². The molecule has 2 heterocycles. The van der Waals surface area contributed by atoms with Crippen molar-refractivity contribution in [2.75, 3.05) is 26.0 Å². The van der Waals surface area contributed by atoms with Gasteiger partial charge in [0.25, 0.3) is 5.91 Å². The summed E-state index contributed by atoms with van der Waals surface area (Å²) in [6.45, 7) is 8.41. The molecule has 1 amide bonds. The standard InChI is InChI=1S/C29H41N3O4S/c1-5-27-28-24(18-32(27)17-21-9-7-20(3)8-10-21)15-23(16-30-28)29(33)31-26(19-36-4)22-11-13-25(14-12-22)37(34,35)6-2/h11-16,20-21,26-27H,5-10,17-19H2,1-4H3,(H,31,33)/t20?,21?,26-,27-/m0/s1. The lowest BCUT2D eigenvalue weighted by Gasteiger charge is -2.32. The summed E-state index contributed by atoms with van der Waals surface area (Å²) in [4.78, 5) is 20.8. The lowest BCUT2D eigenvalue weighted by Crippen LogP contribution is -2.31. The van der Waals surface area contributed by atoms with E-state index in [1.165, 1.54) is 25.7 Å². The Balaban J connectivity index is 1.46. The highest BCUT2D eigenvalue weighted by atomic mass is 32.2. The van der Waals surface area contributed by atoms with Gasteiger partial charge in [-0.3, -0.25) is 14.7 Å². The molecule has 37 heavy (non-hydrogen) atoms. The SMILES string of the molecule is CC[C@H]1c2ncc(C(=O)N[C@@H](COC)c3ccc(S(=O)(=O)CC)cc3)cc2CN1CC1CCC(C)CC1. The number of nitrogens with one attached hydrogen (secondary N) is 1. The van der Waals surface area contributed by atoms with Crippen molar-refractivity contribution in [2.24, 2.45) is 11.8 Å². The van der Waals surface area contributed by atoms with Gasteiger partial charge in [0.05, 0.1) is 40.6 Å². The number of hydrogen-bond donors (Lipinski definition) is 1. The topological polar surface area (TPSA) is 88.6 Å². The molecule has 2 aromatic rings. The Bertz CT molecular complexity index is 1170. The third-order valence-electron chi connectivity index (χ3n) is 8.07. The van der Waals surface area contributed by atoms with Gasteiger partial charge in [-0.1, -0.05) is 45.7 Å². The molecule has 4 rings (SSSR count). The molecule has 202 valence electrons. The molecule has 0 unspecified atom stereocenters.